The number of amides is 4. The first-order valence-electron chi connectivity index (χ1n) is 7.53. The van der Waals surface area contributed by atoms with Crippen LogP contribution < -0.4 is 15.5 Å². The molecule has 4 rings (SSSR count). The van der Waals surface area contributed by atoms with Gasteiger partial charge in [0.05, 0.1) is 17.3 Å². The Labute approximate surface area is 160 Å². The molecule has 0 bridgehead atoms. The monoisotopic (exact) mass is 437 g/mol. The first-order valence-corrected chi connectivity index (χ1v) is 8.70. The molecule has 0 saturated carbocycles. The van der Waals surface area contributed by atoms with Crippen LogP contribution in [0.15, 0.2) is 40.9 Å². The number of urea groups is 1. The summed E-state index contributed by atoms with van der Waals surface area (Å²) in [5, 5.41) is 4.71. The summed E-state index contributed by atoms with van der Waals surface area (Å²) in [7, 11) is 0. The lowest BCUT2D eigenvalue weighted by Crippen LogP contribution is -2.52. The third-order valence-electron chi connectivity index (χ3n) is 4.44. The second kappa shape index (κ2) is 5.78. The zero-order valence-electron chi connectivity index (χ0n) is 13.0. The Morgan fingerprint density at radius 1 is 1.19 bits per heavy atom. The van der Waals surface area contributed by atoms with E-state index in [1.165, 1.54) is 17.0 Å². The first kappa shape index (κ1) is 17.0. The third-order valence-corrected chi connectivity index (χ3v) is 5.24. The molecule has 2 aliphatic heterocycles. The largest absolute Gasteiger partial charge is 0.323 e. The van der Waals surface area contributed by atoms with Crippen LogP contribution in [-0.4, -0.2) is 17.8 Å². The molecular weight excluding hydrogens is 429 g/mol. The molecule has 0 aromatic heterocycles. The number of anilines is 1. The second-order valence-corrected chi connectivity index (χ2v) is 7.24. The van der Waals surface area contributed by atoms with Gasteiger partial charge in [-0.3, -0.25) is 14.9 Å². The van der Waals surface area contributed by atoms with Crippen molar-refractivity contribution in [2.45, 2.75) is 12.1 Å². The maximum absolute atomic E-state index is 14.3. The zero-order chi connectivity index (χ0) is 18.6. The van der Waals surface area contributed by atoms with E-state index in [1.54, 1.807) is 24.3 Å². The molecule has 26 heavy (non-hydrogen) atoms. The van der Waals surface area contributed by atoms with Gasteiger partial charge in [0.15, 0.2) is 0 Å². The van der Waals surface area contributed by atoms with Crippen LogP contribution in [0.2, 0.25) is 5.02 Å². The fourth-order valence-electron chi connectivity index (χ4n) is 3.28. The Morgan fingerprint density at radius 3 is 2.62 bits per heavy atom. The van der Waals surface area contributed by atoms with Crippen LogP contribution in [-0.2, 0) is 21.7 Å². The number of benzene rings is 2. The Hall–Kier alpha value is -2.45. The molecule has 2 heterocycles. The van der Waals surface area contributed by atoms with Crippen LogP contribution >= 0.6 is 27.5 Å². The predicted molar refractivity (Wildman–Crippen MR) is 95.1 cm³/mol. The number of fused-ring (bicyclic) bond motifs is 2. The standard InChI is InChI=1S/C17H10BrClFN3O3/c18-9-5-4-8(12(20)6-9)7-23-13-10(2-1-3-11(13)19)17(15(23)25)14(24)21-16(26)22-17/h1-6H,7H2,(H2,21,22,24,26). The van der Waals surface area contributed by atoms with E-state index in [0.717, 1.165) is 0 Å². The van der Waals surface area contributed by atoms with E-state index < -0.39 is 29.2 Å². The van der Waals surface area contributed by atoms with Gasteiger partial charge in [0.2, 0.25) is 5.54 Å². The van der Waals surface area contributed by atoms with E-state index in [2.05, 4.69) is 26.6 Å². The highest BCUT2D eigenvalue weighted by molar-refractivity contribution is 9.10. The van der Waals surface area contributed by atoms with Crippen LogP contribution in [0.5, 0.6) is 0 Å². The highest BCUT2D eigenvalue weighted by Gasteiger charge is 2.61. The van der Waals surface area contributed by atoms with E-state index in [0.29, 0.717) is 4.47 Å². The lowest BCUT2D eigenvalue weighted by molar-refractivity contribution is -0.134. The molecule has 0 aliphatic carbocycles. The summed E-state index contributed by atoms with van der Waals surface area (Å²) in [4.78, 5) is 38.5. The quantitative estimate of drug-likeness (QED) is 0.559. The minimum Gasteiger partial charge on any atom is -0.312 e. The van der Waals surface area contributed by atoms with Crippen molar-refractivity contribution in [1.82, 2.24) is 10.6 Å². The fraction of sp³-hybridized carbons (Fsp3) is 0.118. The van der Waals surface area contributed by atoms with Gasteiger partial charge in [-0.15, -0.1) is 0 Å². The third kappa shape index (κ3) is 2.25. The van der Waals surface area contributed by atoms with Crippen molar-refractivity contribution >= 4 is 51.1 Å². The van der Waals surface area contributed by atoms with Crippen molar-refractivity contribution in [3.05, 3.63) is 62.8 Å². The van der Waals surface area contributed by atoms with E-state index in [-0.39, 0.29) is 28.4 Å². The van der Waals surface area contributed by atoms with Gasteiger partial charge in [-0.2, -0.15) is 0 Å². The molecule has 6 nitrogen and oxygen atoms in total. The van der Waals surface area contributed by atoms with Crippen LogP contribution in [0.3, 0.4) is 0 Å². The van der Waals surface area contributed by atoms with Crippen LogP contribution in [0.25, 0.3) is 0 Å². The molecule has 9 heteroatoms. The van der Waals surface area contributed by atoms with Crippen molar-refractivity contribution in [2.24, 2.45) is 0 Å². The molecule has 2 aliphatic rings. The smallest absolute Gasteiger partial charge is 0.312 e. The summed E-state index contributed by atoms with van der Waals surface area (Å²) in [6, 6.07) is 8.37. The van der Waals surface area contributed by atoms with Gasteiger partial charge in [-0.05, 0) is 18.2 Å². The normalized spacial score (nSPS) is 21.2. The minimum absolute atomic E-state index is 0.139. The molecular formula is C17H10BrClFN3O3. The molecule has 2 aromatic carbocycles. The fourth-order valence-corrected chi connectivity index (χ4v) is 3.89. The van der Waals surface area contributed by atoms with Gasteiger partial charge in [0.1, 0.15) is 5.82 Å². The van der Waals surface area contributed by atoms with Gasteiger partial charge in [-0.25, -0.2) is 9.18 Å². The Bertz CT molecular complexity index is 999. The van der Waals surface area contributed by atoms with Gasteiger partial charge >= 0.3 is 6.03 Å². The summed E-state index contributed by atoms with van der Waals surface area (Å²) < 4.78 is 14.8. The number of imide groups is 1. The van der Waals surface area contributed by atoms with E-state index in [4.69, 9.17) is 11.6 Å². The predicted octanol–water partition coefficient (Wildman–Crippen LogP) is 2.82. The summed E-state index contributed by atoms with van der Waals surface area (Å²) >= 11 is 9.45. The van der Waals surface area contributed by atoms with Crippen LogP contribution in [0, 0.1) is 5.82 Å². The van der Waals surface area contributed by atoms with Crippen LogP contribution in [0.1, 0.15) is 11.1 Å². The Balaban J connectivity index is 1.86. The van der Waals surface area contributed by atoms with Crippen LogP contribution in [0.4, 0.5) is 14.9 Å². The van der Waals surface area contributed by atoms with Crippen molar-refractivity contribution < 1.29 is 18.8 Å². The van der Waals surface area contributed by atoms with Gasteiger partial charge in [0.25, 0.3) is 11.8 Å². The zero-order valence-corrected chi connectivity index (χ0v) is 15.3. The summed E-state index contributed by atoms with van der Waals surface area (Å²) in [5.41, 5.74) is -1.10. The molecule has 1 saturated heterocycles. The van der Waals surface area contributed by atoms with Crippen molar-refractivity contribution in [2.75, 3.05) is 4.90 Å². The molecule has 4 amide bonds. The maximum atomic E-state index is 14.3. The van der Waals surface area contributed by atoms with Crippen molar-refractivity contribution in [3.8, 4) is 0 Å². The number of nitrogens with one attached hydrogen (secondary N) is 2. The number of rotatable bonds is 2. The minimum atomic E-state index is -1.89. The highest BCUT2D eigenvalue weighted by atomic mass is 79.9. The van der Waals surface area contributed by atoms with Gasteiger partial charge in [0, 0.05) is 15.6 Å². The molecule has 1 unspecified atom stereocenters. The number of nitrogens with zero attached hydrogens (tertiary/aromatic N) is 1. The number of para-hydroxylation sites is 1. The van der Waals surface area contributed by atoms with Gasteiger partial charge < -0.3 is 10.2 Å². The lowest BCUT2D eigenvalue weighted by atomic mass is 9.91. The second-order valence-electron chi connectivity index (χ2n) is 5.92. The van der Waals surface area contributed by atoms with E-state index >= 15 is 0 Å². The van der Waals surface area contributed by atoms with E-state index in [9.17, 15) is 18.8 Å². The molecule has 1 spiro atoms. The molecule has 1 atom stereocenters. The highest BCUT2D eigenvalue weighted by Crippen LogP contribution is 2.46. The SMILES string of the molecule is O=C1NC(=O)C2(N1)C(=O)N(Cc1ccc(Br)cc1F)c1c(Cl)cccc12. The lowest BCUT2D eigenvalue weighted by Gasteiger charge is -2.21. The first-order chi connectivity index (χ1) is 12.3. The summed E-state index contributed by atoms with van der Waals surface area (Å²) in [6.45, 7) is -0.139. The maximum Gasteiger partial charge on any atom is 0.323 e. The van der Waals surface area contributed by atoms with Gasteiger partial charge in [-0.1, -0.05) is 45.7 Å². The number of hydrogen-bond acceptors (Lipinski definition) is 3. The molecule has 0 radical (unpaired) electrons. The Morgan fingerprint density at radius 2 is 1.96 bits per heavy atom. The van der Waals surface area contributed by atoms with Crippen molar-refractivity contribution in [1.29, 1.82) is 0 Å². The molecule has 2 aromatic rings. The number of carbonyl (C=O) groups excluding carboxylic acids is 3. The number of halogens is 3. The van der Waals surface area contributed by atoms with Crippen molar-refractivity contribution in [3.63, 3.8) is 0 Å². The Kier molecular flexibility index (Phi) is 3.78. The molecule has 1 fully saturated rings. The average Bonchev–Trinajstić information content (AvgIpc) is 3.00. The average molecular weight is 439 g/mol. The summed E-state index contributed by atoms with van der Waals surface area (Å²) in [6.07, 6.45) is 0. The number of carbonyl (C=O) groups is 3. The number of hydrogen-bond donors (Lipinski definition) is 2. The molecule has 132 valence electrons. The topological polar surface area (TPSA) is 78.5 Å². The molecule has 2 N–H and O–H groups in total. The van der Waals surface area contributed by atoms with E-state index in [1.807, 2.05) is 0 Å². The summed E-state index contributed by atoms with van der Waals surface area (Å²) in [5.74, 6) is -1.98.